The van der Waals surface area contributed by atoms with Gasteiger partial charge in [0.25, 0.3) is 5.69 Å². The standard InChI is InChI=1S/C12H15N3O5S.ClH/c16-12-9-13-6-7-14(12)21(19,20)8-5-10-3-1-2-4-11(10)15(17)18;/h1-4,13H,5-9H2;1H. The quantitative estimate of drug-likeness (QED) is 0.605. The predicted octanol–water partition coefficient (Wildman–Crippen LogP) is 0.321. The van der Waals surface area contributed by atoms with Crippen LogP contribution >= 0.6 is 12.4 Å². The molecule has 122 valence electrons. The maximum absolute atomic E-state index is 12.2. The lowest BCUT2D eigenvalue weighted by Crippen LogP contribution is -2.51. The van der Waals surface area contributed by atoms with Crippen molar-refractivity contribution in [3.8, 4) is 0 Å². The number of nitrogens with zero attached hydrogens (tertiary/aromatic N) is 2. The maximum Gasteiger partial charge on any atom is 0.272 e. The zero-order chi connectivity index (χ0) is 15.5. The van der Waals surface area contributed by atoms with Gasteiger partial charge in [0.05, 0.1) is 17.2 Å². The van der Waals surface area contributed by atoms with Gasteiger partial charge >= 0.3 is 0 Å². The van der Waals surface area contributed by atoms with Crippen LogP contribution in [0.25, 0.3) is 0 Å². The first-order valence-electron chi connectivity index (χ1n) is 6.38. The van der Waals surface area contributed by atoms with E-state index in [0.717, 1.165) is 4.31 Å². The van der Waals surface area contributed by atoms with Gasteiger partial charge in [0.1, 0.15) is 0 Å². The molecule has 1 aliphatic rings. The number of nitrogens with one attached hydrogen (secondary N) is 1. The van der Waals surface area contributed by atoms with Gasteiger partial charge in [-0.05, 0) is 6.42 Å². The highest BCUT2D eigenvalue weighted by Crippen LogP contribution is 2.19. The molecule has 1 saturated heterocycles. The summed E-state index contributed by atoms with van der Waals surface area (Å²) in [6, 6.07) is 5.99. The third-order valence-corrected chi connectivity index (χ3v) is 4.98. The zero-order valence-corrected chi connectivity index (χ0v) is 13.2. The van der Waals surface area contributed by atoms with Crippen molar-refractivity contribution in [3.63, 3.8) is 0 Å². The molecule has 2 rings (SSSR count). The molecule has 0 bridgehead atoms. The van der Waals surface area contributed by atoms with Crippen LogP contribution in [0.1, 0.15) is 5.56 Å². The first-order chi connectivity index (χ1) is 9.92. The second kappa shape index (κ2) is 7.52. The smallest absolute Gasteiger partial charge is 0.272 e. The minimum Gasteiger partial charge on any atom is -0.307 e. The van der Waals surface area contributed by atoms with E-state index in [-0.39, 0.29) is 43.4 Å². The molecule has 0 radical (unpaired) electrons. The van der Waals surface area contributed by atoms with E-state index in [1.165, 1.54) is 18.2 Å². The van der Waals surface area contributed by atoms with E-state index < -0.39 is 20.9 Å². The Hall–Kier alpha value is -1.71. The molecule has 1 fully saturated rings. The van der Waals surface area contributed by atoms with Crippen molar-refractivity contribution < 1.29 is 18.1 Å². The van der Waals surface area contributed by atoms with Crippen molar-refractivity contribution >= 4 is 34.0 Å². The molecule has 0 atom stereocenters. The van der Waals surface area contributed by atoms with Crippen LogP contribution in [0.4, 0.5) is 5.69 Å². The SMILES string of the molecule is Cl.O=C1CNCCN1S(=O)(=O)CCc1ccccc1[N+](=O)[O-]. The molecule has 1 aromatic rings. The summed E-state index contributed by atoms with van der Waals surface area (Å²) < 4.78 is 25.2. The van der Waals surface area contributed by atoms with Crippen LogP contribution in [0, 0.1) is 10.1 Å². The van der Waals surface area contributed by atoms with Gasteiger partial charge in [-0.1, -0.05) is 18.2 Å². The van der Waals surface area contributed by atoms with Gasteiger partial charge in [0, 0.05) is 24.7 Å². The molecule has 0 aliphatic carbocycles. The number of amides is 1. The number of halogens is 1. The Morgan fingerprint density at radius 3 is 2.64 bits per heavy atom. The number of nitro benzene ring substituents is 1. The average Bonchev–Trinajstić information content (AvgIpc) is 2.45. The largest absolute Gasteiger partial charge is 0.307 e. The molecule has 0 spiro atoms. The van der Waals surface area contributed by atoms with Crippen LogP contribution < -0.4 is 5.32 Å². The summed E-state index contributed by atoms with van der Waals surface area (Å²) in [7, 11) is -3.75. The third-order valence-electron chi connectivity index (χ3n) is 3.20. The maximum atomic E-state index is 12.2. The van der Waals surface area contributed by atoms with Gasteiger partial charge in [-0.25, -0.2) is 12.7 Å². The molecule has 10 heteroatoms. The van der Waals surface area contributed by atoms with Gasteiger partial charge in [0.15, 0.2) is 0 Å². The molecule has 1 aromatic carbocycles. The van der Waals surface area contributed by atoms with Gasteiger partial charge in [-0.2, -0.15) is 0 Å². The summed E-state index contributed by atoms with van der Waals surface area (Å²) in [6.45, 7) is 0.499. The van der Waals surface area contributed by atoms with Crippen molar-refractivity contribution in [2.75, 3.05) is 25.4 Å². The lowest BCUT2D eigenvalue weighted by Gasteiger charge is -2.26. The van der Waals surface area contributed by atoms with Gasteiger partial charge < -0.3 is 5.32 Å². The van der Waals surface area contributed by atoms with E-state index in [2.05, 4.69) is 5.32 Å². The van der Waals surface area contributed by atoms with Gasteiger partial charge in [0.2, 0.25) is 15.9 Å². The van der Waals surface area contributed by atoms with E-state index in [0.29, 0.717) is 12.1 Å². The first kappa shape index (κ1) is 18.3. The Balaban J connectivity index is 0.00000242. The molecule has 1 amide bonds. The summed E-state index contributed by atoms with van der Waals surface area (Å²) >= 11 is 0. The van der Waals surface area contributed by atoms with Crippen molar-refractivity contribution in [1.29, 1.82) is 0 Å². The number of carbonyl (C=O) groups excluding carboxylic acids is 1. The summed E-state index contributed by atoms with van der Waals surface area (Å²) in [5.74, 6) is -0.826. The van der Waals surface area contributed by atoms with Crippen LogP contribution in [0.5, 0.6) is 0 Å². The Labute approximate surface area is 134 Å². The van der Waals surface area contributed by atoms with Crippen LogP contribution in [0.3, 0.4) is 0 Å². The van der Waals surface area contributed by atoms with Crippen molar-refractivity contribution in [2.45, 2.75) is 6.42 Å². The first-order valence-corrected chi connectivity index (χ1v) is 7.99. The fourth-order valence-electron chi connectivity index (χ4n) is 2.13. The number of para-hydroxylation sites is 1. The molecule has 0 saturated carbocycles. The van der Waals surface area contributed by atoms with Crippen LogP contribution in [-0.4, -0.2) is 48.9 Å². The van der Waals surface area contributed by atoms with E-state index in [9.17, 15) is 23.3 Å². The van der Waals surface area contributed by atoms with Crippen molar-refractivity contribution in [2.24, 2.45) is 0 Å². The Morgan fingerprint density at radius 2 is 2.00 bits per heavy atom. The summed E-state index contributed by atoms with van der Waals surface area (Å²) in [6.07, 6.45) is -0.00328. The highest BCUT2D eigenvalue weighted by Gasteiger charge is 2.29. The number of rotatable bonds is 5. The van der Waals surface area contributed by atoms with Crippen LogP contribution in [-0.2, 0) is 21.2 Å². The van der Waals surface area contributed by atoms with E-state index in [1.807, 2.05) is 0 Å². The Kier molecular flexibility index (Phi) is 6.27. The van der Waals surface area contributed by atoms with Crippen LogP contribution in [0.2, 0.25) is 0 Å². The second-order valence-corrected chi connectivity index (χ2v) is 6.61. The third kappa shape index (κ3) is 4.15. The molecular weight excluding hydrogens is 334 g/mol. The number of carbonyl (C=O) groups is 1. The molecule has 0 aromatic heterocycles. The average molecular weight is 350 g/mol. The fourth-order valence-corrected chi connectivity index (χ4v) is 3.58. The monoisotopic (exact) mass is 349 g/mol. The Morgan fingerprint density at radius 1 is 1.32 bits per heavy atom. The molecule has 1 heterocycles. The molecular formula is C12H16ClN3O5S. The molecule has 1 aliphatic heterocycles. The normalized spacial score (nSPS) is 15.3. The number of sulfonamides is 1. The molecule has 22 heavy (non-hydrogen) atoms. The summed E-state index contributed by atoms with van der Waals surface area (Å²) in [5, 5.41) is 13.7. The van der Waals surface area contributed by atoms with Gasteiger partial charge in [-0.3, -0.25) is 14.9 Å². The topological polar surface area (TPSA) is 110 Å². The molecule has 0 unspecified atom stereocenters. The number of hydrogen-bond donors (Lipinski definition) is 1. The van der Waals surface area contributed by atoms with E-state index >= 15 is 0 Å². The van der Waals surface area contributed by atoms with E-state index in [1.54, 1.807) is 6.07 Å². The summed E-state index contributed by atoms with van der Waals surface area (Å²) in [5.41, 5.74) is 0.230. The second-order valence-electron chi connectivity index (χ2n) is 4.59. The highest BCUT2D eigenvalue weighted by atomic mass is 35.5. The lowest BCUT2D eigenvalue weighted by molar-refractivity contribution is -0.385. The highest BCUT2D eigenvalue weighted by molar-refractivity contribution is 7.89. The predicted molar refractivity (Wildman–Crippen MR) is 82.4 cm³/mol. The molecule has 1 N–H and O–H groups in total. The number of nitro groups is 1. The number of piperazine rings is 1. The van der Waals surface area contributed by atoms with E-state index in [4.69, 9.17) is 0 Å². The van der Waals surface area contributed by atoms with Crippen LogP contribution in [0.15, 0.2) is 24.3 Å². The Bertz CT molecular complexity index is 664. The van der Waals surface area contributed by atoms with Gasteiger partial charge in [-0.15, -0.1) is 12.4 Å². The lowest BCUT2D eigenvalue weighted by atomic mass is 10.1. The molecule has 8 nitrogen and oxygen atoms in total. The summed E-state index contributed by atoms with van der Waals surface area (Å²) in [4.78, 5) is 21.9. The number of aryl methyl sites for hydroxylation is 1. The number of hydrogen-bond acceptors (Lipinski definition) is 6. The number of benzene rings is 1. The minimum atomic E-state index is -3.75. The zero-order valence-electron chi connectivity index (χ0n) is 11.6. The minimum absolute atomic E-state index is 0. The van der Waals surface area contributed by atoms with Crippen molar-refractivity contribution in [3.05, 3.63) is 39.9 Å². The fraction of sp³-hybridized carbons (Fsp3) is 0.417. The van der Waals surface area contributed by atoms with Crippen molar-refractivity contribution in [1.82, 2.24) is 9.62 Å².